The molecule has 63 heavy (non-hydrogen) atoms. The quantitative estimate of drug-likeness (QED) is 0.154. The summed E-state index contributed by atoms with van der Waals surface area (Å²) in [5.41, 5.74) is 1.39. The first-order valence-corrected chi connectivity index (χ1v) is 23.4. The number of fused-ring (bicyclic) bond motifs is 3. The lowest BCUT2D eigenvalue weighted by Crippen LogP contribution is -2.61. The molecule has 4 rings (SSSR count). The van der Waals surface area contributed by atoms with E-state index < -0.39 is 71.8 Å². The fraction of sp³-hybridized carbons (Fsp3) is 0.740. The van der Waals surface area contributed by atoms with E-state index in [2.05, 4.69) is 0 Å². The Morgan fingerprint density at radius 1 is 0.841 bits per heavy atom. The molecule has 2 saturated heterocycles. The van der Waals surface area contributed by atoms with E-state index in [9.17, 15) is 39.3 Å². The summed E-state index contributed by atoms with van der Waals surface area (Å²) in [6, 6.07) is -1.12. The minimum Gasteiger partial charge on any atom is -0.460 e. The Hall–Kier alpha value is -3.33. The summed E-state index contributed by atoms with van der Waals surface area (Å²) in [6.45, 7) is 12.9. The molecule has 14 atom stereocenters. The Labute approximate surface area is 375 Å². The fourth-order valence-corrected chi connectivity index (χ4v) is 9.78. The van der Waals surface area contributed by atoms with Crippen molar-refractivity contribution in [2.45, 2.75) is 180 Å². The minimum atomic E-state index is -2.42. The van der Waals surface area contributed by atoms with Crippen molar-refractivity contribution < 1.29 is 58.2 Å². The molecule has 354 valence electrons. The average Bonchev–Trinajstić information content (AvgIpc) is 3.25. The topological polar surface area (TPSA) is 186 Å². The highest BCUT2D eigenvalue weighted by atomic mass is 16.6. The van der Waals surface area contributed by atoms with Crippen LogP contribution in [0.15, 0.2) is 47.6 Å². The van der Waals surface area contributed by atoms with Gasteiger partial charge in [0.1, 0.15) is 23.7 Å². The van der Waals surface area contributed by atoms with Crippen LogP contribution in [-0.4, -0.2) is 119 Å². The summed E-state index contributed by atoms with van der Waals surface area (Å²) in [5, 5.41) is 33.5. The minimum absolute atomic E-state index is 0.0725. The molecule has 4 aliphatic rings. The first-order valence-electron chi connectivity index (χ1n) is 23.4. The van der Waals surface area contributed by atoms with Crippen LogP contribution in [0.2, 0.25) is 0 Å². The van der Waals surface area contributed by atoms with E-state index in [0.29, 0.717) is 63.4 Å². The Balaban J connectivity index is 1.67. The molecule has 3 heterocycles. The van der Waals surface area contributed by atoms with Crippen LogP contribution in [0.25, 0.3) is 0 Å². The van der Waals surface area contributed by atoms with E-state index in [-0.39, 0.29) is 67.1 Å². The maximum atomic E-state index is 14.3. The zero-order valence-corrected chi connectivity index (χ0v) is 39.3. The van der Waals surface area contributed by atoms with Crippen LogP contribution in [0, 0.1) is 35.5 Å². The van der Waals surface area contributed by atoms with Crippen LogP contribution in [0.1, 0.15) is 132 Å². The van der Waals surface area contributed by atoms with Crippen LogP contribution in [-0.2, 0) is 42.9 Å². The predicted molar refractivity (Wildman–Crippen MR) is 239 cm³/mol. The van der Waals surface area contributed by atoms with E-state index in [1.165, 1.54) is 4.90 Å². The van der Waals surface area contributed by atoms with Crippen LogP contribution in [0.5, 0.6) is 0 Å². The van der Waals surface area contributed by atoms with Crippen molar-refractivity contribution >= 4 is 29.2 Å². The number of amides is 1. The van der Waals surface area contributed by atoms with Crippen molar-refractivity contribution in [3.8, 4) is 0 Å². The molecule has 0 aromatic rings. The van der Waals surface area contributed by atoms with Gasteiger partial charge in [-0.25, -0.2) is 4.79 Å². The van der Waals surface area contributed by atoms with Crippen molar-refractivity contribution in [2.75, 3.05) is 20.8 Å². The van der Waals surface area contributed by atoms with Gasteiger partial charge in [0, 0.05) is 57.8 Å². The zero-order chi connectivity index (χ0) is 46.6. The number of esters is 1. The number of cyclic esters (lactones) is 1. The second kappa shape index (κ2) is 24.3. The number of aliphatic hydroxyl groups is 3. The molecule has 13 nitrogen and oxygen atoms in total. The lowest BCUT2D eigenvalue weighted by Gasteiger charge is -2.42. The number of carbonyl (C=O) groups is 5. The number of hydrogen-bond donors (Lipinski definition) is 3. The van der Waals surface area contributed by atoms with Gasteiger partial charge in [-0.1, -0.05) is 71.1 Å². The highest BCUT2D eigenvalue weighted by Crippen LogP contribution is 2.37. The number of piperidine rings is 1. The summed E-state index contributed by atoms with van der Waals surface area (Å²) in [6.07, 6.45) is 13.0. The van der Waals surface area contributed by atoms with Crippen LogP contribution in [0.4, 0.5) is 0 Å². The Morgan fingerprint density at radius 2 is 1.57 bits per heavy atom. The lowest BCUT2D eigenvalue weighted by atomic mass is 9.78. The molecule has 0 aromatic heterocycles. The summed E-state index contributed by atoms with van der Waals surface area (Å²) < 4.78 is 23.8. The number of nitrogens with zero attached hydrogens (tertiary/aromatic N) is 1. The summed E-state index contributed by atoms with van der Waals surface area (Å²) in [7, 11) is 3.15. The van der Waals surface area contributed by atoms with Gasteiger partial charge in [0.25, 0.3) is 11.7 Å². The molecule has 0 spiro atoms. The molecule has 3 aliphatic heterocycles. The first kappa shape index (κ1) is 52.3. The third-order valence-corrected chi connectivity index (χ3v) is 14.2. The van der Waals surface area contributed by atoms with E-state index in [4.69, 9.17) is 18.9 Å². The van der Waals surface area contributed by atoms with Gasteiger partial charge in [-0.05, 0) is 107 Å². The number of carbonyl (C=O) groups excluding carboxylic acids is 5. The summed E-state index contributed by atoms with van der Waals surface area (Å²) in [4.78, 5) is 71.1. The van der Waals surface area contributed by atoms with Gasteiger partial charge in [-0.3, -0.25) is 19.2 Å². The number of Topliss-reactive ketones (excluding diaryl/α,β-unsaturated/α-hetero) is 3. The third kappa shape index (κ3) is 14.3. The van der Waals surface area contributed by atoms with E-state index in [1.807, 2.05) is 58.1 Å². The number of aliphatic hydroxyl groups excluding tert-OH is 2. The second-order valence-electron chi connectivity index (χ2n) is 19.3. The maximum absolute atomic E-state index is 14.3. The van der Waals surface area contributed by atoms with Crippen molar-refractivity contribution in [1.82, 2.24) is 4.90 Å². The van der Waals surface area contributed by atoms with Gasteiger partial charge in [0.2, 0.25) is 5.79 Å². The summed E-state index contributed by atoms with van der Waals surface area (Å²) in [5.74, 6) is -7.36. The number of ether oxygens (including phenoxy) is 4. The van der Waals surface area contributed by atoms with Crippen LogP contribution in [0.3, 0.4) is 0 Å². The van der Waals surface area contributed by atoms with Crippen LogP contribution >= 0.6 is 0 Å². The maximum Gasteiger partial charge on any atom is 0.329 e. The van der Waals surface area contributed by atoms with Gasteiger partial charge in [-0.2, -0.15) is 0 Å². The normalized spacial score (nSPS) is 40.1. The number of methoxy groups -OCH3 is 2. The molecule has 1 amide bonds. The monoisotopic (exact) mass is 884 g/mol. The smallest absolute Gasteiger partial charge is 0.329 e. The van der Waals surface area contributed by atoms with Gasteiger partial charge in [0.05, 0.1) is 30.5 Å². The first-order chi connectivity index (χ1) is 29.8. The molecule has 2 bridgehead atoms. The molecular weight excluding hydrogens is 807 g/mol. The number of hydrogen-bond acceptors (Lipinski definition) is 12. The molecule has 0 aromatic carbocycles. The number of allylic oxidation sites excluding steroid dienone is 6. The van der Waals surface area contributed by atoms with Gasteiger partial charge >= 0.3 is 5.97 Å². The zero-order valence-electron chi connectivity index (χ0n) is 39.3. The molecule has 3 fully saturated rings. The van der Waals surface area contributed by atoms with Crippen molar-refractivity contribution in [3.63, 3.8) is 0 Å². The van der Waals surface area contributed by atoms with Gasteiger partial charge < -0.3 is 39.2 Å². The van der Waals surface area contributed by atoms with Crippen molar-refractivity contribution in [3.05, 3.63) is 47.6 Å². The molecule has 0 unspecified atom stereocenters. The van der Waals surface area contributed by atoms with E-state index in [0.717, 1.165) is 12.0 Å². The van der Waals surface area contributed by atoms with Gasteiger partial charge in [-0.15, -0.1) is 0 Å². The van der Waals surface area contributed by atoms with Gasteiger partial charge in [0.15, 0.2) is 0 Å². The Morgan fingerprint density at radius 3 is 2.27 bits per heavy atom. The predicted octanol–water partition coefficient (Wildman–Crippen LogP) is 6.56. The van der Waals surface area contributed by atoms with Crippen LogP contribution < -0.4 is 0 Å². The SMILES string of the molecule is CO[C@H]1C[C@@H]2CC[C@@H](C)[C@@](O)(O2)C(=O)C(=O)N2CCCC[C@H]2C(=O)O[C@H]([C@H](C)C[C@@H]2CC[C@@H](O)[C@H](OC)C2)CC(=O)[C@H](C)/C=C(/C)[C@@H](O)CC(=O)[C@H](C)C[C@H](C)/C=C/C=C\C=C\1C. The molecule has 0 radical (unpaired) electrons. The standard InChI is InChI=1S/C50H77NO12/c1-30-15-11-10-12-16-31(2)44(60-8)27-38-20-18-36(7)50(59,63-38)47(56)48(57)51-22-14-13-17-39(51)49(58)62-45(35(6)25-37-19-21-40(52)46(26-37)61-9)29-43(55)34(5)24-33(4)42(54)28-41(53)32(3)23-30/h10-12,15-16,24,30,32,34-40,42,44-46,52,54,59H,13-14,17-23,25-29H2,1-9H3/b12-10-,15-11+,31-16+,33-24-/t30-,32-,34-,35-,36-,37+,38+,39+,40-,42+,44+,45+,46-,50-/m1/s1. The molecule has 1 aliphatic carbocycles. The fourth-order valence-electron chi connectivity index (χ4n) is 9.78. The Bertz CT molecular complexity index is 1700. The lowest BCUT2D eigenvalue weighted by molar-refractivity contribution is -0.265. The highest BCUT2D eigenvalue weighted by molar-refractivity contribution is 6.39. The number of ketones is 3. The third-order valence-electron chi connectivity index (χ3n) is 14.2. The molecule has 3 N–H and O–H groups in total. The average molecular weight is 884 g/mol. The second-order valence-corrected chi connectivity index (χ2v) is 19.3. The largest absolute Gasteiger partial charge is 0.460 e. The Kier molecular flexibility index (Phi) is 20.1. The molecule has 13 heteroatoms. The number of rotatable bonds is 5. The molecular formula is C50H77NO12. The van der Waals surface area contributed by atoms with E-state index >= 15 is 0 Å². The molecule has 1 saturated carbocycles. The van der Waals surface area contributed by atoms with Crippen molar-refractivity contribution in [1.29, 1.82) is 0 Å². The summed E-state index contributed by atoms with van der Waals surface area (Å²) >= 11 is 0. The van der Waals surface area contributed by atoms with E-state index in [1.54, 1.807) is 41.1 Å². The van der Waals surface area contributed by atoms with Crippen molar-refractivity contribution in [2.24, 2.45) is 35.5 Å². The highest BCUT2D eigenvalue weighted by Gasteiger charge is 2.53.